The first kappa shape index (κ1) is 16.2. The lowest BCUT2D eigenvalue weighted by atomic mass is 10.3. The lowest BCUT2D eigenvalue weighted by Gasteiger charge is -2.19. The van der Waals surface area contributed by atoms with Crippen molar-refractivity contribution in [2.45, 2.75) is 23.8 Å². The minimum atomic E-state index is -3.80. The Morgan fingerprint density at radius 2 is 2.14 bits per heavy atom. The van der Waals surface area contributed by atoms with E-state index in [0.717, 1.165) is 18.2 Å². The van der Waals surface area contributed by atoms with Crippen LogP contribution in [-0.2, 0) is 14.6 Å². The van der Waals surface area contributed by atoms with E-state index in [0.29, 0.717) is 19.4 Å². The van der Waals surface area contributed by atoms with Gasteiger partial charge in [-0.3, -0.25) is 4.79 Å². The first-order chi connectivity index (χ1) is 9.79. The van der Waals surface area contributed by atoms with E-state index in [1.165, 1.54) is 4.90 Å². The van der Waals surface area contributed by atoms with Gasteiger partial charge in [0.05, 0.1) is 21.8 Å². The van der Waals surface area contributed by atoms with Gasteiger partial charge in [-0.15, -0.1) is 0 Å². The molecule has 21 heavy (non-hydrogen) atoms. The van der Waals surface area contributed by atoms with Crippen LogP contribution >= 0.6 is 11.6 Å². The summed E-state index contributed by atoms with van der Waals surface area (Å²) in [6, 6.07) is 3.08. The van der Waals surface area contributed by atoms with Gasteiger partial charge in [0.25, 0.3) is 0 Å². The number of carbonyl (C=O) groups excluding carboxylic acids is 1. The van der Waals surface area contributed by atoms with E-state index in [9.17, 15) is 22.7 Å². The van der Waals surface area contributed by atoms with Crippen molar-refractivity contribution in [3.8, 4) is 0 Å². The number of nitrogens with zero attached hydrogens (tertiary/aromatic N) is 1. The third-order valence-electron chi connectivity index (χ3n) is 3.26. The lowest BCUT2D eigenvalue weighted by Crippen LogP contribution is -2.36. The molecule has 8 heteroatoms. The second-order valence-electron chi connectivity index (χ2n) is 4.95. The third-order valence-corrected chi connectivity index (χ3v) is 5.35. The van der Waals surface area contributed by atoms with Crippen molar-refractivity contribution < 1.29 is 22.7 Å². The van der Waals surface area contributed by atoms with Crippen LogP contribution in [0.3, 0.4) is 0 Å². The number of hydrogen-bond acceptors (Lipinski definition) is 4. The number of sulfone groups is 1. The maximum absolute atomic E-state index is 13.0. The molecule has 1 amide bonds. The minimum absolute atomic E-state index is 0.0208. The maximum atomic E-state index is 13.0. The predicted molar refractivity (Wildman–Crippen MR) is 75.3 cm³/mol. The van der Waals surface area contributed by atoms with Crippen LogP contribution < -0.4 is 0 Å². The molecule has 2 rings (SSSR count). The van der Waals surface area contributed by atoms with Crippen LogP contribution in [0.5, 0.6) is 0 Å². The van der Waals surface area contributed by atoms with Crippen molar-refractivity contribution >= 4 is 27.3 Å². The monoisotopic (exact) mass is 335 g/mol. The molecule has 0 spiro atoms. The van der Waals surface area contributed by atoms with Crippen LogP contribution in [0.4, 0.5) is 4.39 Å². The summed E-state index contributed by atoms with van der Waals surface area (Å²) in [5.41, 5.74) is 0. The predicted octanol–water partition coefficient (Wildman–Crippen LogP) is 1.24. The fourth-order valence-electron chi connectivity index (χ4n) is 2.22. The van der Waals surface area contributed by atoms with Gasteiger partial charge in [-0.25, -0.2) is 12.8 Å². The summed E-state index contributed by atoms with van der Waals surface area (Å²) in [5, 5.41) is 9.58. The molecule has 1 saturated heterocycles. The molecule has 0 bridgehead atoms. The number of aliphatic hydroxyl groups is 1. The van der Waals surface area contributed by atoms with Crippen molar-refractivity contribution in [3.05, 3.63) is 29.0 Å². The highest BCUT2D eigenvalue weighted by Crippen LogP contribution is 2.21. The largest absolute Gasteiger partial charge is 0.390 e. The second-order valence-corrected chi connectivity index (χ2v) is 7.40. The molecule has 0 aromatic heterocycles. The molecule has 116 valence electrons. The van der Waals surface area contributed by atoms with Gasteiger partial charge in [-0.05, 0) is 24.6 Å². The molecule has 1 aromatic rings. The Balaban J connectivity index is 2.06. The highest BCUT2D eigenvalue weighted by Gasteiger charge is 2.26. The second kappa shape index (κ2) is 6.29. The maximum Gasteiger partial charge on any atom is 0.222 e. The zero-order valence-electron chi connectivity index (χ0n) is 11.1. The van der Waals surface area contributed by atoms with Gasteiger partial charge in [-0.1, -0.05) is 11.6 Å². The first-order valence-electron chi connectivity index (χ1n) is 6.43. The van der Waals surface area contributed by atoms with E-state index in [4.69, 9.17) is 11.6 Å². The van der Waals surface area contributed by atoms with Crippen molar-refractivity contribution in [3.63, 3.8) is 0 Å². The molecule has 5 nitrogen and oxygen atoms in total. The summed E-state index contributed by atoms with van der Waals surface area (Å²) in [5.74, 6) is -1.34. The average molecular weight is 336 g/mol. The topological polar surface area (TPSA) is 74.7 Å². The van der Waals surface area contributed by atoms with E-state index in [2.05, 4.69) is 0 Å². The van der Waals surface area contributed by atoms with Crippen molar-refractivity contribution in [1.29, 1.82) is 0 Å². The summed E-state index contributed by atoms with van der Waals surface area (Å²) in [7, 11) is -3.80. The molecular weight excluding hydrogens is 321 g/mol. The molecule has 0 radical (unpaired) electrons. The van der Waals surface area contributed by atoms with Gasteiger partial charge in [0.2, 0.25) is 5.91 Å². The molecule has 1 atom stereocenters. The summed E-state index contributed by atoms with van der Waals surface area (Å²) >= 11 is 5.56. The smallest absolute Gasteiger partial charge is 0.222 e. The van der Waals surface area contributed by atoms with Gasteiger partial charge >= 0.3 is 0 Å². The highest BCUT2D eigenvalue weighted by atomic mass is 35.5. The van der Waals surface area contributed by atoms with Gasteiger partial charge in [0.15, 0.2) is 9.84 Å². The SMILES string of the molecule is O=C1CCCN1CC(O)CS(=O)(=O)c1ccc(F)c(Cl)c1. The van der Waals surface area contributed by atoms with Crippen LogP contribution in [0.1, 0.15) is 12.8 Å². The molecule has 0 saturated carbocycles. The first-order valence-corrected chi connectivity index (χ1v) is 8.46. The van der Waals surface area contributed by atoms with E-state index in [1.54, 1.807) is 0 Å². The fraction of sp³-hybridized carbons (Fsp3) is 0.462. The Labute approximate surface area is 127 Å². The van der Waals surface area contributed by atoms with Gasteiger partial charge < -0.3 is 10.0 Å². The fourth-order valence-corrected chi connectivity index (χ4v) is 3.85. The summed E-state index contributed by atoms with van der Waals surface area (Å²) in [6.07, 6.45) is -0.0558. The summed E-state index contributed by atoms with van der Waals surface area (Å²) in [4.78, 5) is 12.7. The van der Waals surface area contributed by atoms with Crippen molar-refractivity contribution in [1.82, 2.24) is 4.90 Å². The Hall–Kier alpha value is -1.18. The van der Waals surface area contributed by atoms with Crippen LogP contribution in [-0.4, -0.2) is 49.3 Å². The number of likely N-dealkylation sites (tertiary alicyclic amines) is 1. The molecule has 1 aromatic carbocycles. The number of halogens is 2. The molecule has 1 heterocycles. The molecular formula is C13H15ClFNO4S. The average Bonchev–Trinajstić information content (AvgIpc) is 2.77. The summed E-state index contributed by atoms with van der Waals surface area (Å²) in [6.45, 7) is 0.505. The highest BCUT2D eigenvalue weighted by molar-refractivity contribution is 7.91. The Morgan fingerprint density at radius 3 is 2.71 bits per heavy atom. The van der Waals surface area contributed by atoms with Gasteiger partial charge in [-0.2, -0.15) is 0 Å². The van der Waals surface area contributed by atoms with Gasteiger partial charge in [0.1, 0.15) is 5.82 Å². The molecule has 1 aliphatic rings. The normalized spacial score (nSPS) is 17.3. The lowest BCUT2D eigenvalue weighted by molar-refractivity contribution is -0.128. The minimum Gasteiger partial charge on any atom is -0.390 e. The molecule has 1 unspecified atom stereocenters. The number of amides is 1. The Kier molecular flexibility index (Phi) is 4.85. The van der Waals surface area contributed by atoms with Crippen molar-refractivity contribution in [2.75, 3.05) is 18.8 Å². The third kappa shape index (κ3) is 3.93. The number of carbonyl (C=O) groups is 1. The quantitative estimate of drug-likeness (QED) is 0.821. The summed E-state index contributed by atoms with van der Waals surface area (Å²) < 4.78 is 37.3. The van der Waals surface area contributed by atoms with E-state index < -0.39 is 27.5 Å². The van der Waals surface area contributed by atoms with E-state index in [-0.39, 0.29) is 22.4 Å². The molecule has 1 fully saturated rings. The van der Waals surface area contributed by atoms with Crippen LogP contribution in [0.15, 0.2) is 23.1 Å². The number of β-amino-alcohol motifs (C(OH)–C–C–N with tert-alkyl or cyclic N) is 1. The number of hydrogen-bond donors (Lipinski definition) is 1. The standard InChI is InChI=1S/C13H15ClFNO4S/c14-11-6-10(3-4-12(11)15)21(19,20)8-9(17)7-16-5-1-2-13(16)18/h3-4,6,9,17H,1-2,5,7-8H2. The van der Waals surface area contributed by atoms with Crippen LogP contribution in [0.2, 0.25) is 5.02 Å². The van der Waals surface area contributed by atoms with Gasteiger partial charge in [0, 0.05) is 19.5 Å². The van der Waals surface area contributed by atoms with E-state index in [1.807, 2.05) is 0 Å². The molecule has 1 aliphatic heterocycles. The Morgan fingerprint density at radius 1 is 1.43 bits per heavy atom. The number of aliphatic hydroxyl groups excluding tert-OH is 1. The number of rotatable bonds is 5. The zero-order chi connectivity index (χ0) is 15.6. The molecule has 1 N–H and O–H groups in total. The van der Waals surface area contributed by atoms with Crippen LogP contribution in [0, 0.1) is 5.82 Å². The Bertz CT molecular complexity index is 650. The zero-order valence-corrected chi connectivity index (χ0v) is 12.7. The van der Waals surface area contributed by atoms with E-state index >= 15 is 0 Å². The number of benzene rings is 1. The van der Waals surface area contributed by atoms with Crippen LogP contribution in [0.25, 0.3) is 0 Å². The van der Waals surface area contributed by atoms with Crippen molar-refractivity contribution in [2.24, 2.45) is 0 Å². The molecule has 0 aliphatic carbocycles.